The van der Waals surface area contributed by atoms with Crippen molar-refractivity contribution >= 4 is 11.8 Å². The van der Waals surface area contributed by atoms with Gasteiger partial charge in [-0.05, 0) is 19.1 Å². The van der Waals surface area contributed by atoms with E-state index in [1.807, 2.05) is 6.26 Å². The lowest BCUT2D eigenvalue weighted by Gasteiger charge is -2.01. The number of rotatable bonds is 2. The molecular formula is C8H10N2OS. The second kappa shape index (κ2) is 2.94. The molecule has 12 heavy (non-hydrogen) atoms. The van der Waals surface area contributed by atoms with Crippen molar-refractivity contribution in [2.75, 3.05) is 6.26 Å². The number of hydrogen-bond acceptors (Lipinski definition) is 3. The Bertz CT molecular complexity index is 343. The van der Waals surface area contributed by atoms with E-state index in [0.717, 1.165) is 10.6 Å². The average molecular weight is 182 g/mol. The fourth-order valence-electron chi connectivity index (χ4n) is 1.25. The third-order valence-electron chi connectivity index (χ3n) is 2.01. The van der Waals surface area contributed by atoms with E-state index in [2.05, 4.69) is 9.97 Å². The molecular weight excluding hydrogens is 172 g/mol. The Hall–Kier alpha value is -0.770. The lowest BCUT2D eigenvalue weighted by Crippen LogP contribution is -2.11. The van der Waals surface area contributed by atoms with Crippen LogP contribution in [0.2, 0.25) is 0 Å². The topological polar surface area (TPSA) is 45.8 Å². The maximum atomic E-state index is 11.3. The Kier molecular flexibility index (Phi) is 1.92. The molecule has 0 unspecified atom stereocenters. The van der Waals surface area contributed by atoms with Gasteiger partial charge in [-0.15, -0.1) is 11.8 Å². The Morgan fingerprint density at radius 1 is 1.67 bits per heavy atom. The van der Waals surface area contributed by atoms with Gasteiger partial charge in [0.05, 0.1) is 16.9 Å². The zero-order valence-electron chi connectivity index (χ0n) is 6.83. The van der Waals surface area contributed by atoms with Crippen molar-refractivity contribution in [2.24, 2.45) is 0 Å². The van der Waals surface area contributed by atoms with Crippen molar-refractivity contribution in [1.29, 1.82) is 0 Å². The van der Waals surface area contributed by atoms with Gasteiger partial charge < -0.3 is 4.98 Å². The summed E-state index contributed by atoms with van der Waals surface area (Å²) < 4.78 is 0. The zero-order chi connectivity index (χ0) is 8.55. The molecule has 0 aromatic carbocycles. The standard InChI is InChI=1S/C8H10N2OS/c1-12-7-6(5-2-3-5)9-4-10-8(7)11/h4-5H,2-3H2,1H3,(H,9,10,11). The molecule has 0 aliphatic heterocycles. The fourth-order valence-corrected chi connectivity index (χ4v) is 1.92. The van der Waals surface area contributed by atoms with Gasteiger partial charge in [-0.25, -0.2) is 4.98 Å². The fraction of sp³-hybridized carbons (Fsp3) is 0.500. The van der Waals surface area contributed by atoms with Gasteiger partial charge in [0.25, 0.3) is 5.56 Å². The SMILES string of the molecule is CSc1c(C2CC2)nc[nH]c1=O. The van der Waals surface area contributed by atoms with Gasteiger partial charge in [-0.1, -0.05) is 0 Å². The third kappa shape index (κ3) is 1.27. The lowest BCUT2D eigenvalue weighted by molar-refractivity contribution is 0.903. The number of nitrogens with zero attached hydrogens (tertiary/aromatic N) is 1. The highest BCUT2D eigenvalue weighted by Gasteiger charge is 2.28. The molecule has 0 radical (unpaired) electrons. The smallest absolute Gasteiger partial charge is 0.264 e. The Morgan fingerprint density at radius 2 is 2.42 bits per heavy atom. The van der Waals surface area contributed by atoms with Crippen LogP contribution in [0.5, 0.6) is 0 Å². The molecule has 0 amide bonds. The summed E-state index contributed by atoms with van der Waals surface area (Å²) in [4.78, 5) is 18.9. The van der Waals surface area contributed by atoms with Crippen LogP contribution >= 0.6 is 11.8 Å². The summed E-state index contributed by atoms with van der Waals surface area (Å²) in [7, 11) is 0. The molecule has 0 saturated heterocycles. The Balaban J connectivity index is 2.51. The maximum Gasteiger partial charge on any atom is 0.264 e. The summed E-state index contributed by atoms with van der Waals surface area (Å²) in [6.45, 7) is 0. The van der Waals surface area contributed by atoms with Gasteiger partial charge in [0, 0.05) is 5.92 Å². The van der Waals surface area contributed by atoms with Gasteiger partial charge >= 0.3 is 0 Å². The highest BCUT2D eigenvalue weighted by Crippen LogP contribution is 2.41. The third-order valence-corrected chi connectivity index (χ3v) is 2.81. The predicted octanol–water partition coefficient (Wildman–Crippen LogP) is 1.37. The molecule has 1 N–H and O–H groups in total. The molecule has 0 spiro atoms. The van der Waals surface area contributed by atoms with Crippen LogP contribution in [0.4, 0.5) is 0 Å². The first-order valence-corrected chi connectivity index (χ1v) is 5.17. The zero-order valence-corrected chi connectivity index (χ0v) is 7.65. The van der Waals surface area contributed by atoms with Crippen LogP contribution in [0.15, 0.2) is 16.0 Å². The second-order valence-corrected chi connectivity index (χ2v) is 3.74. The van der Waals surface area contributed by atoms with Crippen LogP contribution < -0.4 is 5.56 Å². The van der Waals surface area contributed by atoms with Crippen molar-refractivity contribution in [1.82, 2.24) is 9.97 Å². The van der Waals surface area contributed by atoms with Crippen LogP contribution in [0.3, 0.4) is 0 Å². The van der Waals surface area contributed by atoms with E-state index in [1.54, 1.807) is 0 Å². The molecule has 64 valence electrons. The Morgan fingerprint density at radius 3 is 3.00 bits per heavy atom. The molecule has 0 bridgehead atoms. The van der Waals surface area contributed by atoms with Crippen molar-refractivity contribution in [3.8, 4) is 0 Å². The van der Waals surface area contributed by atoms with E-state index in [-0.39, 0.29) is 5.56 Å². The molecule has 1 aromatic heterocycles. The van der Waals surface area contributed by atoms with Crippen LogP contribution in [0.1, 0.15) is 24.5 Å². The van der Waals surface area contributed by atoms with Crippen molar-refractivity contribution in [3.63, 3.8) is 0 Å². The molecule has 3 nitrogen and oxygen atoms in total. The van der Waals surface area contributed by atoms with E-state index in [9.17, 15) is 4.79 Å². The summed E-state index contributed by atoms with van der Waals surface area (Å²) in [5, 5.41) is 0. The summed E-state index contributed by atoms with van der Waals surface area (Å²) in [6.07, 6.45) is 5.78. The van der Waals surface area contributed by atoms with Gasteiger partial charge in [-0.2, -0.15) is 0 Å². The molecule has 1 heterocycles. The molecule has 1 fully saturated rings. The number of thioether (sulfide) groups is 1. The van der Waals surface area contributed by atoms with Crippen LogP contribution in [0, 0.1) is 0 Å². The number of aromatic nitrogens is 2. The van der Waals surface area contributed by atoms with E-state index in [4.69, 9.17) is 0 Å². The van der Waals surface area contributed by atoms with E-state index in [0.29, 0.717) is 5.92 Å². The minimum Gasteiger partial charge on any atom is -0.312 e. The molecule has 1 aliphatic carbocycles. The second-order valence-electron chi connectivity index (χ2n) is 2.92. The number of hydrogen-bond donors (Lipinski definition) is 1. The van der Waals surface area contributed by atoms with Crippen LogP contribution in [-0.4, -0.2) is 16.2 Å². The first kappa shape index (κ1) is 7.86. The van der Waals surface area contributed by atoms with Crippen molar-refractivity contribution in [2.45, 2.75) is 23.7 Å². The van der Waals surface area contributed by atoms with Gasteiger partial charge in [0.2, 0.25) is 0 Å². The largest absolute Gasteiger partial charge is 0.312 e. The molecule has 2 rings (SSSR count). The monoisotopic (exact) mass is 182 g/mol. The molecule has 1 aliphatic rings. The quantitative estimate of drug-likeness (QED) is 0.703. The summed E-state index contributed by atoms with van der Waals surface area (Å²) in [5.74, 6) is 0.551. The van der Waals surface area contributed by atoms with Gasteiger partial charge in [0.15, 0.2) is 0 Å². The number of aromatic amines is 1. The van der Waals surface area contributed by atoms with Crippen molar-refractivity contribution in [3.05, 3.63) is 22.4 Å². The van der Waals surface area contributed by atoms with Crippen LogP contribution in [-0.2, 0) is 0 Å². The van der Waals surface area contributed by atoms with E-state index < -0.39 is 0 Å². The predicted molar refractivity (Wildman–Crippen MR) is 48.6 cm³/mol. The molecule has 0 atom stereocenters. The number of nitrogens with one attached hydrogen (secondary N) is 1. The summed E-state index contributed by atoms with van der Waals surface area (Å²) in [5.41, 5.74) is 0.991. The first-order chi connectivity index (χ1) is 5.83. The first-order valence-electron chi connectivity index (χ1n) is 3.94. The molecule has 4 heteroatoms. The maximum absolute atomic E-state index is 11.3. The van der Waals surface area contributed by atoms with Gasteiger partial charge in [0.1, 0.15) is 0 Å². The average Bonchev–Trinajstić information content (AvgIpc) is 2.86. The Labute approximate surface area is 74.6 Å². The van der Waals surface area contributed by atoms with Crippen LogP contribution in [0.25, 0.3) is 0 Å². The lowest BCUT2D eigenvalue weighted by atomic mass is 10.3. The highest BCUT2D eigenvalue weighted by atomic mass is 32.2. The summed E-state index contributed by atoms with van der Waals surface area (Å²) >= 11 is 1.48. The van der Waals surface area contributed by atoms with Crippen molar-refractivity contribution < 1.29 is 0 Å². The molecule has 1 aromatic rings. The number of H-pyrrole nitrogens is 1. The van der Waals surface area contributed by atoms with E-state index >= 15 is 0 Å². The van der Waals surface area contributed by atoms with Gasteiger partial charge in [-0.3, -0.25) is 4.79 Å². The molecule has 1 saturated carbocycles. The highest BCUT2D eigenvalue weighted by molar-refractivity contribution is 7.98. The normalized spacial score (nSPS) is 16.4. The minimum absolute atomic E-state index is 0.000556. The van der Waals surface area contributed by atoms with E-state index in [1.165, 1.54) is 30.9 Å². The summed E-state index contributed by atoms with van der Waals surface area (Å²) in [6, 6.07) is 0. The minimum atomic E-state index is -0.000556.